The van der Waals surface area contributed by atoms with Crippen LogP contribution in [0.5, 0.6) is 0 Å². The largest absolute Gasteiger partial charge is 0.399 e. The number of nitrogen functional groups attached to an aromatic ring is 1. The first-order chi connectivity index (χ1) is 8.08. The summed E-state index contributed by atoms with van der Waals surface area (Å²) in [6.45, 7) is 0. The van der Waals surface area contributed by atoms with Gasteiger partial charge >= 0.3 is 0 Å². The van der Waals surface area contributed by atoms with Crippen molar-refractivity contribution in [2.24, 2.45) is 0 Å². The highest BCUT2D eigenvalue weighted by Gasteiger charge is 2.13. The second kappa shape index (κ2) is 4.83. The van der Waals surface area contributed by atoms with E-state index in [-0.39, 0.29) is 11.3 Å². The molecule has 0 bridgehead atoms. The predicted molar refractivity (Wildman–Crippen MR) is 73.4 cm³/mol. The van der Waals surface area contributed by atoms with Crippen molar-refractivity contribution in [1.82, 2.24) is 0 Å². The third-order valence-corrected chi connectivity index (χ3v) is 3.06. The van der Waals surface area contributed by atoms with Gasteiger partial charge in [0.05, 0.1) is 5.56 Å². The van der Waals surface area contributed by atoms with Crippen LogP contribution in [0.4, 0.5) is 10.1 Å². The first-order valence-electron chi connectivity index (χ1n) is 4.93. The number of anilines is 1. The maximum absolute atomic E-state index is 13.5. The first kappa shape index (κ1) is 12.0. The Morgan fingerprint density at radius 2 is 1.76 bits per heavy atom. The van der Waals surface area contributed by atoms with Crippen LogP contribution in [-0.4, -0.2) is 5.78 Å². The quantitative estimate of drug-likeness (QED) is 0.518. The number of rotatable bonds is 2. The third-order valence-electron chi connectivity index (χ3n) is 2.34. The van der Waals surface area contributed by atoms with Gasteiger partial charge in [-0.2, -0.15) is 0 Å². The molecule has 0 aliphatic rings. The molecule has 2 aromatic carbocycles. The van der Waals surface area contributed by atoms with Crippen molar-refractivity contribution in [2.75, 3.05) is 5.73 Å². The lowest BCUT2D eigenvalue weighted by Gasteiger charge is -2.04. The molecule has 0 heterocycles. The highest BCUT2D eigenvalue weighted by atomic mass is 127. The Morgan fingerprint density at radius 3 is 2.41 bits per heavy atom. The van der Waals surface area contributed by atoms with Crippen molar-refractivity contribution in [3.05, 3.63) is 63.0 Å². The van der Waals surface area contributed by atoms with Gasteiger partial charge in [0.15, 0.2) is 5.78 Å². The van der Waals surface area contributed by atoms with E-state index in [0.29, 0.717) is 11.3 Å². The van der Waals surface area contributed by atoms with E-state index in [1.54, 1.807) is 24.3 Å². The summed E-state index contributed by atoms with van der Waals surface area (Å²) in [5.74, 6) is -0.908. The molecule has 4 heteroatoms. The van der Waals surface area contributed by atoms with E-state index >= 15 is 0 Å². The van der Waals surface area contributed by atoms with Gasteiger partial charge in [0.25, 0.3) is 0 Å². The summed E-state index contributed by atoms with van der Waals surface area (Å²) in [4.78, 5) is 12.0. The predicted octanol–water partition coefficient (Wildman–Crippen LogP) is 3.24. The molecule has 0 aliphatic heterocycles. The lowest BCUT2D eigenvalue weighted by atomic mass is 10.0. The lowest BCUT2D eigenvalue weighted by Crippen LogP contribution is -2.05. The van der Waals surface area contributed by atoms with Crippen molar-refractivity contribution in [3.63, 3.8) is 0 Å². The summed E-state index contributed by atoms with van der Waals surface area (Å²) >= 11 is 2.14. The fraction of sp³-hybridized carbons (Fsp3) is 0. The zero-order valence-corrected chi connectivity index (χ0v) is 10.9. The average Bonchev–Trinajstić information content (AvgIpc) is 2.32. The number of carbonyl (C=O) groups is 1. The van der Waals surface area contributed by atoms with Crippen LogP contribution >= 0.6 is 22.6 Å². The molecule has 2 rings (SSSR count). The normalized spacial score (nSPS) is 10.2. The summed E-state index contributed by atoms with van der Waals surface area (Å²) in [6.07, 6.45) is 0. The number of halogens is 2. The number of carbonyl (C=O) groups excluding carboxylic acids is 1. The summed E-state index contributed by atoms with van der Waals surface area (Å²) in [7, 11) is 0. The van der Waals surface area contributed by atoms with E-state index in [0.717, 1.165) is 3.57 Å². The van der Waals surface area contributed by atoms with Gasteiger partial charge in [0.1, 0.15) is 5.82 Å². The van der Waals surface area contributed by atoms with E-state index in [4.69, 9.17) is 5.73 Å². The lowest BCUT2D eigenvalue weighted by molar-refractivity contribution is 0.103. The van der Waals surface area contributed by atoms with Crippen LogP contribution in [0.2, 0.25) is 0 Å². The summed E-state index contributed by atoms with van der Waals surface area (Å²) in [5.41, 5.74) is 6.38. The molecular weight excluding hydrogens is 332 g/mol. The standard InChI is InChI=1S/C13H9FINO/c14-12-6-5-10(16)7-11(12)13(17)8-1-3-9(15)4-2-8/h1-7H,16H2. The molecule has 0 atom stereocenters. The smallest absolute Gasteiger partial charge is 0.196 e. The Bertz CT molecular complexity index is 566. The zero-order chi connectivity index (χ0) is 12.4. The molecule has 0 amide bonds. The molecule has 0 unspecified atom stereocenters. The van der Waals surface area contributed by atoms with Crippen LogP contribution < -0.4 is 5.73 Å². The van der Waals surface area contributed by atoms with Gasteiger partial charge in [-0.25, -0.2) is 4.39 Å². The molecule has 0 radical (unpaired) electrons. The number of ketones is 1. The number of nitrogens with two attached hydrogens (primary N) is 1. The Hall–Kier alpha value is -1.43. The minimum absolute atomic E-state index is 0.00575. The topological polar surface area (TPSA) is 43.1 Å². The van der Waals surface area contributed by atoms with Gasteiger partial charge in [0.2, 0.25) is 0 Å². The number of benzene rings is 2. The average molecular weight is 341 g/mol. The van der Waals surface area contributed by atoms with Gasteiger partial charge in [-0.1, -0.05) is 0 Å². The summed E-state index contributed by atoms with van der Waals surface area (Å²) in [5, 5.41) is 0. The SMILES string of the molecule is Nc1ccc(F)c(C(=O)c2ccc(I)cc2)c1. The van der Waals surface area contributed by atoms with E-state index in [1.165, 1.54) is 18.2 Å². The van der Waals surface area contributed by atoms with E-state index in [9.17, 15) is 9.18 Å². The molecule has 86 valence electrons. The fourth-order valence-corrected chi connectivity index (χ4v) is 1.83. The highest BCUT2D eigenvalue weighted by Crippen LogP contribution is 2.17. The molecule has 0 aromatic heterocycles. The summed E-state index contributed by atoms with van der Waals surface area (Å²) in [6, 6.07) is 10.9. The molecule has 0 fully saturated rings. The Kier molecular flexibility index (Phi) is 3.42. The second-order valence-corrected chi connectivity index (χ2v) is 4.82. The van der Waals surface area contributed by atoms with Crippen LogP contribution in [0.25, 0.3) is 0 Å². The Balaban J connectivity index is 2.43. The van der Waals surface area contributed by atoms with Crippen LogP contribution in [0.15, 0.2) is 42.5 Å². The number of hydrogen-bond donors (Lipinski definition) is 1. The molecule has 2 nitrogen and oxygen atoms in total. The molecule has 0 saturated carbocycles. The van der Waals surface area contributed by atoms with Gasteiger partial charge < -0.3 is 5.73 Å². The van der Waals surface area contributed by atoms with Gasteiger partial charge in [-0.15, -0.1) is 0 Å². The van der Waals surface area contributed by atoms with Crippen LogP contribution in [0.1, 0.15) is 15.9 Å². The minimum atomic E-state index is -0.553. The van der Waals surface area contributed by atoms with Crippen molar-refractivity contribution < 1.29 is 9.18 Å². The van der Waals surface area contributed by atoms with Gasteiger partial charge in [-0.3, -0.25) is 4.79 Å². The Morgan fingerprint density at radius 1 is 1.12 bits per heavy atom. The van der Waals surface area contributed by atoms with E-state index in [2.05, 4.69) is 22.6 Å². The van der Waals surface area contributed by atoms with Gasteiger partial charge in [0, 0.05) is 14.8 Å². The van der Waals surface area contributed by atoms with Crippen molar-refractivity contribution in [3.8, 4) is 0 Å². The van der Waals surface area contributed by atoms with Crippen LogP contribution in [0.3, 0.4) is 0 Å². The van der Waals surface area contributed by atoms with E-state index < -0.39 is 5.82 Å². The van der Waals surface area contributed by atoms with Crippen molar-refractivity contribution in [1.29, 1.82) is 0 Å². The van der Waals surface area contributed by atoms with Gasteiger partial charge in [-0.05, 0) is 65.1 Å². The maximum atomic E-state index is 13.5. The van der Waals surface area contributed by atoms with Crippen molar-refractivity contribution in [2.45, 2.75) is 0 Å². The molecule has 2 aromatic rings. The molecule has 17 heavy (non-hydrogen) atoms. The van der Waals surface area contributed by atoms with Crippen LogP contribution in [-0.2, 0) is 0 Å². The first-order valence-corrected chi connectivity index (χ1v) is 6.01. The van der Waals surface area contributed by atoms with E-state index in [1.807, 2.05) is 0 Å². The Labute approximate surface area is 112 Å². The fourth-order valence-electron chi connectivity index (χ4n) is 1.47. The maximum Gasteiger partial charge on any atom is 0.196 e. The molecular formula is C13H9FINO. The highest BCUT2D eigenvalue weighted by molar-refractivity contribution is 14.1. The molecule has 2 N–H and O–H groups in total. The molecule has 0 spiro atoms. The minimum Gasteiger partial charge on any atom is -0.399 e. The molecule has 0 aliphatic carbocycles. The molecule has 0 saturated heterocycles. The third kappa shape index (κ3) is 2.63. The summed E-state index contributed by atoms with van der Waals surface area (Å²) < 4.78 is 14.5. The number of hydrogen-bond acceptors (Lipinski definition) is 2. The zero-order valence-electron chi connectivity index (χ0n) is 8.78. The van der Waals surface area contributed by atoms with Crippen molar-refractivity contribution >= 4 is 34.1 Å². The van der Waals surface area contributed by atoms with Crippen LogP contribution in [0, 0.1) is 9.39 Å². The monoisotopic (exact) mass is 341 g/mol. The second-order valence-electron chi connectivity index (χ2n) is 3.58.